The maximum atomic E-state index is 13.3. The Morgan fingerprint density at radius 3 is 2.72 bits per heavy atom. The van der Waals surface area contributed by atoms with Crippen LogP contribution in [-0.4, -0.2) is 26.6 Å². The van der Waals surface area contributed by atoms with Crippen molar-refractivity contribution in [2.75, 3.05) is 13.2 Å². The standard InChI is InChI=1S/C24H23N3O3S2/c1-16-12-17(20-4-2-3-5-21(20)27-16)14-30-18-6-8-19(9-7-18)32(28,29)23-10-11-31-24(23)22-13-25-15-26-22/h2-12,22,25-26H,13-15H2,1H3. The first-order valence-electron chi connectivity index (χ1n) is 10.4. The van der Waals surface area contributed by atoms with Gasteiger partial charge in [-0.1, -0.05) is 18.2 Å². The van der Waals surface area contributed by atoms with E-state index in [1.54, 1.807) is 30.3 Å². The highest BCUT2D eigenvalue weighted by Crippen LogP contribution is 2.33. The molecule has 3 heterocycles. The second-order valence-corrected chi connectivity index (χ2v) is 10.6. The van der Waals surface area contributed by atoms with Gasteiger partial charge >= 0.3 is 0 Å². The molecule has 1 aliphatic heterocycles. The first kappa shape index (κ1) is 21.1. The number of pyridine rings is 1. The third kappa shape index (κ3) is 4.02. The van der Waals surface area contributed by atoms with E-state index < -0.39 is 9.84 Å². The molecule has 0 saturated carbocycles. The molecule has 1 aliphatic rings. The molecular weight excluding hydrogens is 442 g/mol. The van der Waals surface area contributed by atoms with Gasteiger partial charge in [0.05, 0.1) is 21.3 Å². The maximum absolute atomic E-state index is 13.3. The summed E-state index contributed by atoms with van der Waals surface area (Å²) in [6.45, 7) is 3.75. The Balaban J connectivity index is 1.36. The van der Waals surface area contributed by atoms with Crippen LogP contribution in [0.4, 0.5) is 0 Å². The van der Waals surface area contributed by atoms with Gasteiger partial charge in [0.25, 0.3) is 0 Å². The van der Waals surface area contributed by atoms with E-state index in [4.69, 9.17) is 4.74 Å². The lowest BCUT2D eigenvalue weighted by molar-refractivity contribution is 0.307. The topological polar surface area (TPSA) is 80.3 Å². The number of aryl methyl sites for hydroxylation is 1. The Morgan fingerprint density at radius 2 is 1.94 bits per heavy atom. The smallest absolute Gasteiger partial charge is 0.207 e. The number of nitrogens with zero attached hydrogens (tertiary/aromatic N) is 1. The molecule has 164 valence electrons. The summed E-state index contributed by atoms with van der Waals surface area (Å²) in [5.41, 5.74) is 2.92. The van der Waals surface area contributed by atoms with Crippen molar-refractivity contribution < 1.29 is 13.2 Å². The van der Waals surface area contributed by atoms with Crippen LogP contribution in [0.2, 0.25) is 0 Å². The van der Waals surface area contributed by atoms with Crippen LogP contribution in [-0.2, 0) is 16.4 Å². The fourth-order valence-electron chi connectivity index (χ4n) is 3.97. The molecule has 2 aromatic carbocycles. The van der Waals surface area contributed by atoms with Gasteiger partial charge in [0.1, 0.15) is 12.4 Å². The number of hydrogen-bond acceptors (Lipinski definition) is 7. The zero-order valence-electron chi connectivity index (χ0n) is 17.5. The normalized spacial score (nSPS) is 16.5. The van der Waals surface area contributed by atoms with Crippen molar-refractivity contribution in [2.24, 2.45) is 0 Å². The Morgan fingerprint density at radius 1 is 1.12 bits per heavy atom. The number of sulfone groups is 1. The van der Waals surface area contributed by atoms with Crippen molar-refractivity contribution in [2.45, 2.75) is 29.4 Å². The van der Waals surface area contributed by atoms with Crippen molar-refractivity contribution in [3.8, 4) is 5.75 Å². The predicted molar refractivity (Wildman–Crippen MR) is 126 cm³/mol. The summed E-state index contributed by atoms with van der Waals surface area (Å²) >= 11 is 1.47. The number of para-hydroxylation sites is 1. The van der Waals surface area contributed by atoms with Crippen molar-refractivity contribution in [1.29, 1.82) is 0 Å². The van der Waals surface area contributed by atoms with Crippen molar-refractivity contribution in [1.82, 2.24) is 15.6 Å². The van der Waals surface area contributed by atoms with Gasteiger partial charge in [0.2, 0.25) is 9.84 Å². The summed E-state index contributed by atoms with van der Waals surface area (Å²) in [5, 5.41) is 9.39. The second-order valence-electron chi connectivity index (χ2n) is 7.74. The molecule has 1 unspecified atom stereocenters. The maximum Gasteiger partial charge on any atom is 0.207 e. The number of nitrogens with one attached hydrogen (secondary N) is 2. The highest BCUT2D eigenvalue weighted by molar-refractivity contribution is 7.91. The summed E-state index contributed by atoms with van der Waals surface area (Å²) in [4.78, 5) is 6.04. The van der Waals surface area contributed by atoms with Gasteiger partial charge in [-0.15, -0.1) is 11.3 Å². The molecule has 0 aliphatic carbocycles. The molecule has 2 aromatic heterocycles. The minimum Gasteiger partial charge on any atom is -0.489 e. The molecule has 1 fully saturated rings. The summed E-state index contributed by atoms with van der Waals surface area (Å²) in [6.07, 6.45) is 0. The first-order chi connectivity index (χ1) is 15.5. The van der Waals surface area contributed by atoms with Gasteiger partial charge < -0.3 is 10.1 Å². The van der Waals surface area contributed by atoms with Crippen LogP contribution in [0.3, 0.4) is 0 Å². The number of hydrogen-bond donors (Lipinski definition) is 2. The molecule has 1 atom stereocenters. The van der Waals surface area contributed by atoms with E-state index in [1.807, 2.05) is 42.6 Å². The van der Waals surface area contributed by atoms with E-state index in [1.165, 1.54) is 11.3 Å². The third-order valence-electron chi connectivity index (χ3n) is 5.54. The van der Waals surface area contributed by atoms with Gasteiger partial charge in [-0.3, -0.25) is 10.3 Å². The Kier molecular flexibility index (Phi) is 5.69. The van der Waals surface area contributed by atoms with Crippen LogP contribution in [0.25, 0.3) is 10.9 Å². The monoisotopic (exact) mass is 465 g/mol. The molecule has 5 rings (SSSR count). The Labute approximate surface area is 191 Å². The number of benzene rings is 2. The highest BCUT2D eigenvalue weighted by atomic mass is 32.2. The van der Waals surface area contributed by atoms with Crippen LogP contribution >= 0.6 is 11.3 Å². The minimum atomic E-state index is -3.60. The van der Waals surface area contributed by atoms with Crippen molar-refractivity contribution in [3.05, 3.63) is 82.2 Å². The number of thiophene rings is 1. The zero-order valence-corrected chi connectivity index (χ0v) is 19.2. The minimum absolute atomic E-state index is 0.0148. The number of fused-ring (bicyclic) bond motifs is 1. The SMILES string of the molecule is Cc1cc(COc2ccc(S(=O)(=O)c3ccsc3C3CNCN3)cc2)c2ccccc2n1. The average molecular weight is 466 g/mol. The third-order valence-corrected chi connectivity index (χ3v) is 8.53. The fourth-order valence-corrected chi connectivity index (χ4v) is 6.80. The summed E-state index contributed by atoms with van der Waals surface area (Å²) in [7, 11) is -3.60. The lowest BCUT2D eigenvalue weighted by atomic mass is 10.1. The lowest BCUT2D eigenvalue weighted by Crippen LogP contribution is -2.16. The van der Waals surface area contributed by atoms with Crippen LogP contribution in [0.15, 0.2) is 75.8 Å². The van der Waals surface area contributed by atoms with E-state index in [0.717, 1.165) is 33.6 Å². The quantitative estimate of drug-likeness (QED) is 0.444. The van der Waals surface area contributed by atoms with E-state index in [2.05, 4.69) is 15.6 Å². The van der Waals surface area contributed by atoms with Crippen LogP contribution in [0, 0.1) is 6.92 Å². The Bertz CT molecular complexity index is 1360. The summed E-state index contributed by atoms with van der Waals surface area (Å²) < 4.78 is 32.5. The second kappa shape index (κ2) is 8.63. The van der Waals surface area contributed by atoms with Crippen LogP contribution < -0.4 is 15.4 Å². The van der Waals surface area contributed by atoms with Gasteiger partial charge in [0.15, 0.2) is 0 Å². The molecular formula is C24H23N3O3S2. The van der Waals surface area contributed by atoms with Gasteiger partial charge in [-0.05, 0) is 54.8 Å². The molecule has 8 heteroatoms. The van der Waals surface area contributed by atoms with E-state index in [-0.39, 0.29) is 10.9 Å². The van der Waals surface area contributed by atoms with Gasteiger partial charge in [0, 0.05) is 34.7 Å². The highest BCUT2D eigenvalue weighted by Gasteiger charge is 2.28. The predicted octanol–water partition coefficient (Wildman–Crippen LogP) is 4.21. The van der Waals surface area contributed by atoms with Gasteiger partial charge in [-0.2, -0.15) is 0 Å². The van der Waals surface area contributed by atoms with E-state index in [0.29, 0.717) is 23.9 Å². The molecule has 0 spiro atoms. The van der Waals surface area contributed by atoms with E-state index in [9.17, 15) is 8.42 Å². The molecule has 0 amide bonds. The van der Waals surface area contributed by atoms with Crippen molar-refractivity contribution >= 4 is 32.1 Å². The van der Waals surface area contributed by atoms with Crippen LogP contribution in [0.1, 0.15) is 22.2 Å². The molecule has 32 heavy (non-hydrogen) atoms. The summed E-state index contributed by atoms with van der Waals surface area (Å²) in [5.74, 6) is 0.620. The average Bonchev–Trinajstić information content (AvgIpc) is 3.49. The fraction of sp³-hybridized carbons (Fsp3) is 0.208. The molecule has 2 N–H and O–H groups in total. The first-order valence-corrected chi connectivity index (χ1v) is 12.7. The molecule has 0 bridgehead atoms. The number of aromatic nitrogens is 1. The molecule has 0 radical (unpaired) electrons. The van der Waals surface area contributed by atoms with Crippen LogP contribution in [0.5, 0.6) is 5.75 Å². The Hall–Kier alpha value is -2.78. The number of ether oxygens (including phenoxy) is 1. The number of rotatable bonds is 6. The zero-order chi connectivity index (χ0) is 22.1. The summed E-state index contributed by atoms with van der Waals surface area (Å²) in [6, 6.07) is 18.3. The molecule has 4 aromatic rings. The molecule has 1 saturated heterocycles. The van der Waals surface area contributed by atoms with E-state index >= 15 is 0 Å². The van der Waals surface area contributed by atoms with Gasteiger partial charge in [-0.25, -0.2) is 8.42 Å². The largest absolute Gasteiger partial charge is 0.489 e. The van der Waals surface area contributed by atoms with Crippen molar-refractivity contribution in [3.63, 3.8) is 0 Å². The lowest BCUT2D eigenvalue weighted by Gasteiger charge is -2.12. The molecule has 6 nitrogen and oxygen atoms in total.